The zero-order valence-corrected chi connectivity index (χ0v) is 49.7. The highest BCUT2D eigenvalue weighted by Crippen LogP contribution is 2.32. The minimum Gasteiger partial charge on any atom is -0.482 e. The summed E-state index contributed by atoms with van der Waals surface area (Å²) < 4.78 is 35.5. The summed E-state index contributed by atoms with van der Waals surface area (Å²) in [5.74, 6) is -2.14. The number of ether oxygens (including phenoxy) is 7. The highest BCUT2D eigenvalue weighted by molar-refractivity contribution is 6.36. The number of benzene rings is 7. The molecule has 7 aromatic carbocycles. The van der Waals surface area contributed by atoms with Crippen LogP contribution in [0.2, 0.25) is 20.1 Å². The van der Waals surface area contributed by atoms with Gasteiger partial charge in [-0.1, -0.05) is 107 Å². The summed E-state index contributed by atoms with van der Waals surface area (Å²) in [6.45, 7) is 12.8. The monoisotopic (exact) mass is 1220 g/mol. The number of esters is 1. The fraction of sp³-hybridized carbons (Fsp3) is 0.246. The first-order chi connectivity index (χ1) is 39.0. The number of aliphatic carboxylic acids is 5. The lowest BCUT2D eigenvalue weighted by Crippen LogP contribution is -2.37. The maximum absolute atomic E-state index is 11.1. The molecular weight excluding hydrogens is 1160 g/mol. The van der Waals surface area contributed by atoms with Crippen molar-refractivity contribution in [2.75, 3.05) is 20.3 Å². The van der Waals surface area contributed by atoms with Crippen LogP contribution in [0.5, 0.6) is 34.5 Å². The van der Waals surface area contributed by atoms with Crippen LogP contribution in [-0.2, 0) is 33.5 Å². The van der Waals surface area contributed by atoms with Crippen molar-refractivity contribution in [1.82, 2.24) is 0 Å². The molecule has 0 bridgehead atoms. The Hall–Kier alpha value is -8.42. The van der Waals surface area contributed by atoms with Crippen molar-refractivity contribution in [3.63, 3.8) is 0 Å². The van der Waals surface area contributed by atoms with Crippen molar-refractivity contribution < 1.29 is 87.5 Å². The zero-order chi connectivity index (χ0) is 62.4. The Balaban J connectivity index is 0.000000341. The molecule has 83 heavy (non-hydrogen) atoms. The number of carboxylic acids is 5. The molecule has 18 nitrogen and oxygen atoms in total. The topological polar surface area (TPSA) is 268 Å². The quantitative estimate of drug-likeness (QED) is 0.0500. The van der Waals surface area contributed by atoms with Crippen LogP contribution in [-0.4, -0.2) is 106 Å². The third-order valence-corrected chi connectivity index (χ3v) is 11.3. The van der Waals surface area contributed by atoms with Crippen LogP contribution in [0.25, 0.3) is 10.8 Å². The van der Waals surface area contributed by atoms with Crippen LogP contribution >= 0.6 is 46.4 Å². The lowest BCUT2D eigenvalue weighted by molar-refractivity contribution is -0.152. The van der Waals surface area contributed by atoms with Gasteiger partial charge in [0, 0.05) is 25.8 Å². The molecule has 0 aliphatic carbocycles. The summed E-state index contributed by atoms with van der Waals surface area (Å²) in [7, 11) is 1.35. The second-order valence-corrected chi connectivity index (χ2v) is 19.5. The highest BCUT2D eigenvalue weighted by atomic mass is 35.5. The third-order valence-electron chi connectivity index (χ3n) is 10.2. The molecule has 0 amide bonds. The molecule has 0 spiro atoms. The van der Waals surface area contributed by atoms with Gasteiger partial charge in [0.05, 0.1) is 12.1 Å². The van der Waals surface area contributed by atoms with E-state index in [1.165, 1.54) is 46.9 Å². The Morgan fingerprint density at radius 1 is 0.458 bits per heavy atom. The number of carbonyl (C=O) groups is 6. The van der Waals surface area contributed by atoms with Gasteiger partial charge in [-0.15, -0.1) is 0 Å². The van der Waals surface area contributed by atoms with E-state index in [1.54, 1.807) is 73.7 Å². The smallest absolute Gasteiger partial charge is 0.347 e. The van der Waals surface area contributed by atoms with Crippen molar-refractivity contribution in [3.05, 3.63) is 188 Å². The number of methoxy groups -OCH3 is 1. The molecule has 5 N–H and O–H groups in total. The van der Waals surface area contributed by atoms with E-state index in [0.717, 1.165) is 27.5 Å². The lowest BCUT2D eigenvalue weighted by atomic mass is 10.1. The standard InChI is InChI=1S/C12H9ClO3.C11H14O3.2C10H12O3.C9H8Cl2O3.C9H9ClO3/c13-10-5-6-11(16-7-12(14)15)9-4-2-1-3-8(9)10;1-8-5-4-6-10(7-8)14-9(2)11(12)13-3;1-7-3-8(2)5-9(4-7)13-6-10(11)12;1-10(2,9(11)12)13-8-6-4-3-5-7-8;1-5(9(12)13)14-8-3-2-6(10)4-7(8)11;1-6(9(11)12)13-8-4-2-7(10)3-5-8/h1-6H,7H2,(H,14,15);4-7,9H,1-3H3;3-5H,6H2,1-2H3,(H,11,12);3-7H,1-2H3,(H,11,12);2-5H,1H3,(H,12,13);2-6H,1H3,(H,11,12). The number of carboxylic acid groups (broad SMARTS) is 5. The van der Waals surface area contributed by atoms with Crippen LogP contribution in [0, 0.1) is 20.8 Å². The molecule has 444 valence electrons. The maximum atomic E-state index is 11.1. The average molecular weight is 1230 g/mol. The number of para-hydroxylation sites is 1. The van der Waals surface area contributed by atoms with E-state index in [4.69, 9.17) is 100 Å². The fourth-order valence-electron chi connectivity index (χ4n) is 6.17. The molecule has 3 unspecified atom stereocenters. The van der Waals surface area contributed by atoms with E-state index in [2.05, 4.69) is 4.74 Å². The lowest BCUT2D eigenvalue weighted by Gasteiger charge is -2.21. The molecule has 0 saturated heterocycles. The first kappa shape index (κ1) is 70.7. The first-order valence-electron chi connectivity index (χ1n) is 24.7. The van der Waals surface area contributed by atoms with E-state index in [1.807, 2.05) is 93.6 Å². The second kappa shape index (κ2) is 36.1. The first-order valence-corrected chi connectivity index (χ1v) is 26.3. The van der Waals surface area contributed by atoms with E-state index in [-0.39, 0.29) is 19.2 Å². The molecule has 3 atom stereocenters. The molecule has 0 aromatic heterocycles. The number of carbonyl (C=O) groups excluding carboxylic acids is 1. The van der Waals surface area contributed by atoms with Crippen LogP contribution in [0.1, 0.15) is 51.3 Å². The number of fused-ring (bicyclic) bond motifs is 1. The average Bonchev–Trinajstić information content (AvgIpc) is 3.53. The van der Waals surface area contributed by atoms with Crippen molar-refractivity contribution in [2.45, 2.75) is 79.3 Å². The van der Waals surface area contributed by atoms with Gasteiger partial charge < -0.3 is 58.7 Å². The van der Waals surface area contributed by atoms with Gasteiger partial charge in [0.2, 0.25) is 0 Å². The minimum atomic E-state index is -1.18. The number of halogens is 4. The maximum Gasteiger partial charge on any atom is 0.347 e. The molecule has 0 aliphatic heterocycles. The Kier molecular flexibility index (Phi) is 30.8. The van der Waals surface area contributed by atoms with Gasteiger partial charge in [-0.2, -0.15) is 0 Å². The Morgan fingerprint density at radius 2 is 0.952 bits per heavy atom. The molecule has 0 heterocycles. The van der Waals surface area contributed by atoms with Crippen molar-refractivity contribution >= 4 is 93.0 Å². The highest BCUT2D eigenvalue weighted by Gasteiger charge is 2.29. The Morgan fingerprint density at radius 3 is 1.48 bits per heavy atom. The van der Waals surface area contributed by atoms with E-state index < -0.39 is 53.8 Å². The second-order valence-electron chi connectivity index (χ2n) is 17.8. The molecule has 22 heteroatoms. The Bertz CT molecular complexity index is 3190. The van der Waals surface area contributed by atoms with Gasteiger partial charge in [-0.25, -0.2) is 28.8 Å². The van der Waals surface area contributed by atoms with Crippen LogP contribution in [0.15, 0.2) is 152 Å². The number of hydrogen-bond donors (Lipinski definition) is 5. The summed E-state index contributed by atoms with van der Waals surface area (Å²) in [6, 6.07) is 44.0. The van der Waals surface area contributed by atoms with Gasteiger partial charge in [-0.05, 0) is 163 Å². The molecule has 7 aromatic rings. The van der Waals surface area contributed by atoms with Gasteiger partial charge in [-0.3, -0.25) is 0 Å². The summed E-state index contributed by atoms with van der Waals surface area (Å²) in [6.07, 6.45) is -2.35. The van der Waals surface area contributed by atoms with Gasteiger partial charge in [0.1, 0.15) is 34.5 Å². The molecule has 0 aliphatic rings. The number of hydrogen-bond acceptors (Lipinski definition) is 13. The van der Waals surface area contributed by atoms with Crippen LogP contribution < -0.4 is 28.4 Å². The predicted molar refractivity (Wildman–Crippen MR) is 317 cm³/mol. The van der Waals surface area contributed by atoms with Gasteiger partial charge in [0.25, 0.3) is 0 Å². The molecule has 0 fully saturated rings. The summed E-state index contributed by atoms with van der Waals surface area (Å²) in [5.41, 5.74) is 2.06. The zero-order valence-electron chi connectivity index (χ0n) is 46.6. The summed E-state index contributed by atoms with van der Waals surface area (Å²) >= 11 is 23.1. The predicted octanol–water partition coefficient (Wildman–Crippen LogP) is 13.6. The van der Waals surface area contributed by atoms with Crippen LogP contribution in [0.3, 0.4) is 0 Å². The van der Waals surface area contributed by atoms with E-state index in [9.17, 15) is 28.8 Å². The third kappa shape index (κ3) is 28.2. The SMILES string of the molecule is CC(C)(Oc1ccccc1)C(=O)O.CC(Oc1ccc(Cl)cc1)C(=O)O.CC(Oc1ccc(Cl)cc1Cl)C(=O)O.COC(=O)C(C)Oc1cccc(C)c1.Cc1cc(C)cc(OCC(=O)O)c1.O=C(O)COc1ccc(Cl)c2ccccc12. The number of aryl methyl sites for hydroxylation is 3. The van der Waals surface area contributed by atoms with Crippen LogP contribution in [0.4, 0.5) is 0 Å². The molecule has 7 rings (SSSR count). The van der Waals surface area contributed by atoms with Crippen molar-refractivity contribution in [2.24, 2.45) is 0 Å². The fourth-order valence-corrected chi connectivity index (χ4v) is 6.98. The van der Waals surface area contributed by atoms with Crippen molar-refractivity contribution in [1.29, 1.82) is 0 Å². The van der Waals surface area contributed by atoms with Gasteiger partial charge in [0.15, 0.2) is 37.1 Å². The molecule has 0 saturated carbocycles. The number of rotatable bonds is 18. The molecule has 0 radical (unpaired) electrons. The van der Waals surface area contributed by atoms with E-state index >= 15 is 0 Å². The van der Waals surface area contributed by atoms with E-state index in [0.29, 0.717) is 54.6 Å². The normalized spacial score (nSPS) is 11.2. The largest absolute Gasteiger partial charge is 0.482 e. The summed E-state index contributed by atoms with van der Waals surface area (Å²) in [5, 5.41) is 46.5. The van der Waals surface area contributed by atoms with Crippen molar-refractivity contribution in [3.8, 4) is 34.5 Å². The molecular formula is C61H64Cl4O18. The minimum absolute atomic E-state index is 0.289. The summed E-state index contributed by atoms with van der Waals surface area (Å²) in [4.78, 5) is 63.3. The Labute approximate surface area is 500 Å². The van der Waals surface area contributed by atoms with Gasteiger partial charge >= 0.3 is 35.8 Å².